The molecule has 1 heterocycles. The molecule has 0 bridgehead atoms. The molecule has 53 heavy (non-hydrogen) atoms. The Bertz CT molecular complexity index is 2660. The minimum Gasteiger partial charge on any atom is -0.208 e. The quantitative estimate of drug-likeness (QED) is 0.176. The first-order valence-electron chi connectivity index (χ1n) is 18.0. The third kappa shape index (κ3) is 5.09. The fourth-order valence-electron chi connectivity index (χ4n) is 8.23. The maximum absolute atomic E-state index is 5.03. The molecular formula is C50H33N3. The fraction of sp³-hybridized carbons (Fsp3) is 0.0200. The van der Waals surface area contributed by atoms with E-state index in [0.717, 1.165) is 22.3 Å². The second-order valence-electron chi connectivity index (χ2n) is 13.6. The zero-order valence-electron chi connectivity index (χ0n) is 28.9. The summed E-state index contributed by atoms with van der Waals surface area (Å²) in [6.07, 6.45) is 0. The molecule has 0 amide bonds. The van der Waals surface area contributed by atoms with Crippen LogP contribution in [0, 0.1) is 0 Å². The summed E-state index contributed by atoms with van der Waals surface area (Å²) in [7, 11) is 0. The van der Waals surface area contributed by atoms with Crippen molar-refractivity contribution in [2.45, 2.75) is 5.41 Å². The molecule has 1 aliphatic rings. The maximum Gasteiger partial charge on any atom is 0.164 e. The largest absolute Gasteiger partial charge is 0.208 e. The molecule has 1 aromatic heterocycles. The van der Waals surface area contributed by atoms with E-state index < -0.39 is 5.41 Å². The van der Waals surface area contributed by atoms with Crippen LogP contribution in [-0.2, 0) is 5.41 Å². The van der Waals surface area contributed by atoms with Crippen molar-refractivity contribution in [1.82, 2.24) is 15.0 Å². The predicted molar refractivity (Wildman–Crippen MR) is 216 cm³/mol. The summed E-state index contributed by atoms with van der Waals surface area (Å²) in [4.78, 5) is 15.0. The highest BCUT2D eigenvalue weighted by Crippen LogP contribution is 2.57. The molecule has 0 N–H and O–H groups in total. The van der Waals surface area contributed by atoms with Gasteiger partial charge in [-0.05, 0) is 73.5 Å². The van der Waals surface area contributed by atoms with E-state index in [-0.39, 0.29) is 0 Å². The van der Waals surface area contributed by atoms with Crippen LogP contribution < -0.4 is 0 Å². The maximum atomic E-state index is 5.03. The number of fused-ring (bicyclic) bond motifs is 4. The Morgan fingerprint density at radius 2 is 0.774 bits per heavy atom. The van der Waals surface area contributed by atoms with Crippen molar-refractivity contribution < 1.29 is 0 Å². The van der Waals surface area contributed by atoms with Crippen LogP contribution in [0.25, 0.3) is 67.2 Å². The molecule has 0 saturated heterocycles. The van der Waals surface area contributed by atoms with Gasteiger partial charge in [-0.2, -0.15) is 0 Å². The predicted octanol–water partition coefficient (Wildman–Crippen LogP) is 12.1. The van der Waals surface area contributed by atoms with Crippen molar-refractivity contribution >= 4 is 10.8 Å². The first-order valence-corrected chi connectivity index (χ1v) is 18.0. The highest BCUT2D eigenvalue weighted by Gasteiger charge is 2.46. The lowest BCUT2D eigenvalue weighted by molar-refractivity contribution is 0.769. The highest BCUT2D eigenvalue weighted by atomic mass is 15.0. The number of hydrogen-bond acceptors (Lipinski definition) is 3. The molecule has 3 nitrogen and oxygen atoms in total. The van der Waals surface area contributed by atoms with Gasteiger partial charge in [0.2, 0.25) is 0 Å². The van der Waals surface area contributed by atoms with Crippen molar-refractivity contribution in [2.75, 3.05) is 0 Å². The van der Waals surface area contributed by atoms with Gasteiger partial charge >= 0.3 is 0 Å². The summed E-state index contributed by atoms with van der Waals surface area (Å²) in [5, 5.41) is 2.41. The Hall–Kier alpha value is -6.97. The Morgan fingerprint density at radius 3 is 1.40 bits per heavy atom. The smallest absolute Gasteiger partial charge is 0.164 e. The minimum absolute atomic E-state index is 0.468. The highest BCUT2D eigenvalue weighted by molar-refractivity contribution is 6.03. The molecule has 0 atom stereocenters. The molecule has 0 spiro atoms. The Balaban J connectivity index is 1.18. The lowest BCUT2D eigenvalue weighted by Gasteiger charge is -2.34. The van der Waals surface area contributed by atoms with Crippen LogP contribution in [-0.4, -0.2) is 15.0 Å². The van der Waals surface area contributed by atoms with Gasteiger partial charge in [0.15, 0.2) is 17.5 Å². The van der Waals surface area contributed by atoms with Crippen molar-refractivity contribution in [2.24, 2.45) is 0 Å². The number of benzene rings is 8. The van der Waals surface area contributed by atoms with Gasteiger partial charge < -0.3 is 0 Å². The van der Waals surface area contributed by atoms with E-state index in [1.165, 1.54) is 49.7 Å². The third-order valence-corrected chi connectivity index (χ3v) is 10.6. The van der Waals surface area contributed by atoms with Gasteiger partial charge in [0, 0.05) is 16.7 Å². The third-order valence-electron chi connectivity index (χ3n) is 10.6. The fourth-order valence-corrected chi connectivity index (χ4v) is 8.23. The Kier molecular flexibility index (Phi) is 7.36. The second kappa shape index (κ2) is 12.7. The summed E-state index contributed by atoms with van der Waals surface area (Å²) in [5.41, 5.74) is 12.3. The number of aromatic nitrogens is 3. The van der Waals surface area contributed by atoms with Gasteiger partial charge in [0.25, 0.3) is 0 Å². The molecule has 0 radical (unpaired) electrons. The zero-order valence-corrected chi connectivity index (χ0v) is 28.9. The van der Waals surface area contributed by atoms with E-state index in [2.05, 4.69) is 140 Å². The minimum atomic E-state index is -0.468. The average Bonchev–Trinajstić information content (AvgIpc) is 3.53. The van der Waals surface area contributed by atoms with Gasteiger partial charge in [-0.25, -0.2) is 15.0 Å². The Morgan fingerprint density at radius 1 is 0.302 bits per heavy atom. The van der Waals surface area contributed by atoms with Crippen LogP contribution in [0.5, 0.6) is 0 Å². The van der Waals surface area contributed by atoms with Gasteiger partial charge in [-0.1, -0.05) is 182 Å². The van der Waals surface area contributed by atoms with E-state index in [1.807, 2.05) is 60.7 Å². The van der Waals surface area contributed by atoms with Crippen molar-refractivity contribution in [3.63, 3.8) is 0 Å². The molecule has 248 valence electrons. The van der Waals surface area contributed by atoms with E-state index >= 15 is 0 Å². The first-order chi connectivity index (χ1) is 26.3. The molecule has 0 fully saturated rings. The van der Waals surface area contributed by atoms with Crippen molar-refractivity contribution in [3.05, 3.63) is 222 Å². The number of rotatable bonds is 6. The second-order valence-corrected chi connectivity index (χ2v) is 13.6. The molecule has 10 rings (SSSR count). The van der Waals surface area contributed by atoms with E-state index in [0.29, 0.717) is 17.5 Å². The molecule has 0 unspecified atom stereocenters. The lowest BCUT2D eigenvalue weighted by Crippen LogP contribution is -2.28. The van der Waals surface area contributed by atoms with Gasteiger partial charge in [0.05, 0.1) is 5.41 Å². The van der Waals surface area contributed by atoms with Crippen LogP contribution in [0.3, 0.4) is 0 Å². The van der Waals surface area contributed by atoms with Crippen LogP contribution in [0.4, 0.5) is 0 Å². The van der Waals surface area contributed by atoms with Crippen LogP contribution >= 0.6 is 0 Å². The van der Waals surface area contributed by atoms with Gasteiger partial charge in [-0.3, -0.25) is 0 Å². The van der Waals surface area contributed by atoms with Crippen molar-refractivity contribution in [3.8, 4) is 56.4 Å². The average molecular weight is 676 g/mol. The SMILES string of the molecule is c1ccc(-c2nc(-c3ccccc3)nc(-c3cccc(-c4cccc5cc6c(cc45)C(c4ccccc4)(c4ccccc4)c4ccccc4-6)c3)n2)cc1. The topological polar surface area (TPSA) is 38.7 Å². The summed E-state index contributed by atoms with van der Waals surface area (Å²) in [6.45, 7) is 0. The normalized spacial score (nSPS) is 12.7. The van der Waals surface area contributed by atoms with Crippen LogP contribution in [0.2, 0.25) is 0 Å². The zero-order chi connectivity index (χ0) is 35.2. The standard InChI is InChI=1S/C50H33N3/c1-5-17-34(18-6-1)47-51-48(35-19-7-2-8-20-35)53-49(52-47)38-23-15-21-36(31-38)41-29-16-22-37-32-44-42-28-13-14-30-45(42)50(46(44)33-43(37)41,39-24-9-3-10-25-39)40-26-11-4-12-27-40/h1-33H. The van der Waals surface area contributed by atoms with Gasteiger partial charge in [-0.15, -0.1) is 0 Å². The van der Waals surface area contributed by atoms with E-state index in [1.54, 1.807) is 0 Å². The van der Waals surface area contributed by atoms with E-state index in [4.69, 9.17) is 15.0 Å². The monoisotopic (exact) mass is 675 g/mol. The summed E-state index contributed by atoms with van der Waals surface area (Å²) >= 11 is 0. The lowest BCUT2D eigenvalue weighted by atomic mass is 9.67. The van der Waals surface area contributed by atoms with Gasteiger partial charge in [0.1, 0.15) is 0 Å². The Labute approximate surface area is 309 Å². The van der Waals surface area contributed by atoms with Crippen LogP contribution in [0.1, 0.15) is 22.3 Å². The molecule has 0 saturated carbocycles. The number of hydrogen-bond donors (Lipinski definition) is 0. The molecule has 3 heteroatoms. The molecular weight excluding hydrogens is 643 g/mol. The molecule has 1 aliphatic carbocycles. The summed E-state index contributed by atoms with van der Waals surface area (Å²) in [6, 6.07) is 71.3. The summed E-state index contributed by atoms with van der Waals surface area (Å²) < 4.78 is 0. The summed E-state index contributed by atoms with van der Waals surface area (Å²) in [5.74, 6) is 1.94. The van der Waals surface area contributed by atoms with Crippen LogP contribution in [0.15, 0.2) is 200 Å². The first kappa shape index (κ1) is 30.8. The number of nitrogens with zero attached hydrogens (tertiary/aromatic N) is 3. The molecule has 9 aromatic rings. The van der Waals surface area contributed by atoms with Crippen molar-refractivity contribution in [1.29, 1.82) is 0 Å². The molecule has 8 aromatic carbocycles. The van der Waals surface area contributed by atoms with E-state index in [9.17, 15) is 0 Å². The molecule has 0 aliphatic heterocycles.